The summed E-state index contributed by atoms with van der Waals surface area (Å²) < 4.78 is 5.46. The highest BCUT2D eigenvalue weighted by atomic mass is 16.6. The molecule has 1 aliphatic carbocycles. The highest BCUT2D eigenvalue weighted by Gasteiger charge is 2.29. The van der Waals surface area contributed by atoms with Gasteiger partial charge < -0.3 is 10.1 Å². The van der Waals surface area contributed by atoms with E-state index in [-0.39, 0.29) is 10.6 Å². The van der Waals surface area contributed by atoms with Gasteiger partial charge in [-0.3, -0.25) is 10.1 Å². The van der Waals surface area contributed by atoms with Crippen LogP contribution in [0.5, 0.6) is 0 Å². The molecule has 98 valence electrons. The first-order chi connectivity index (χ1) is 8.60. The fourth-order valence-corrected chi connectivity index (χ4v) is 2.05. The molecule has 0 spiro atoms. The van der Waals surface area contributed by atoms with Crippen LogP contribution in [0.2, 0.25) is 0 Å². The third kappa shape index (κ3) is 2.76. The SMILES string of the molecule is CCOC1CC(Nc2cc([N+](=O)[O-])c(C)cn2)C1. The van der Waals surface area contributed by atoms with Gasteiger partial charge in [0.2, 0.25) is 0 Å². The van der Waals surface area contributed by atoms with Crippen LogP contribution >= 0.6 is 0 Å². The Kier molecular flexibility index (Phi) is 3.76. The van der Waals surface area contributed by atoms with Crippen molar-refractivity contribution in [2.24, 2.45) is 0 Å². The summed E-state index contributed by atoms with van der Waals surface area (Å²) in [5.41, 5.74) is 0.680. The van der Waals surface area contributed by atoms with Gasteiger partial charge in [0.1, 0.15) is 5.82 Å². The highest BCUT2D eigenvalue weighted by Crippen LogP contribution is 2.27. The summed E-state index contributed by atoms with van der Waals surface area (Å²) in [6.07, 6.45) is 3.70. The Balaban J connectivity index is 1.95. The van der Waals surface area contributed by atoms with Crippen LogP contribution in [0.1, 0.15) is 25.3 Å². The van der Waals surface area contributed by atoms with Crippen LogP contribution in [-0.2, 0) is 4.74 Å². The topological polar surface area (TPSA) is 77.3 Å². The summed E-state index contributed by atoms with van der Waals surface area (Å²) in [4.78, 5) is 14.6. The first-order valence-electron chi connectivity index (χ1n) is 6.09. The quantitative estimate of drug-likeness (QED) is 0.641. The lowest BCUT2D eigenvalue weighted by atomic mass is 9.89. The van der Waals surface area contributed by atoms with Crippen LogP contribution in [0.25, 0.3) is 0 Å². The molecule has 2 rings (SSSR count). The molecule has 0 amide bonds. The number of pyridine rings is 1. The van der Waals surface area contributed by atoms with E-state index in [4.69, 9.17) is 4.74 Å². The molecule has 1 heterocycles. The van der Waals surface area contributed by atoms with E-state index in [2.05, 4.69) is 10.3 Å². The maximum Gasteiger partial charge on any atom is 0.277 e. The van der Waals surface area contributed by atoms with Gasteiger partial charge in [-0.2, -0.15) is 0 Å². The van der Waals surface area contributed by atoms with Crippen molar-refractivity contribution in [2.45, 2.75) is 38.8 Å². The average molecular weight is 251 g/mol. The lowest BCUT2D eigenvalue weighted by Crippen LogP contribution is -2.41. The summed E-state index contributed by atoms with van der Waals surface area (Å²) in [5, 5.41) is 14.0. The van der Waals surface area contributed by atoms with Gasteiger partial charge in [-0.15, -0.1) is 0 Å². The second kappa shape index (κ2) is 5.30. The maximum atomic E-state index is 10.8. The van der Waals surface area contributed by atoms with Crippen LogP contribution in [-0.4, -0.2) is 28.7 Å². The molecule has 0 aliphatic heterocycles. The van der Waals surface area contributed by atoms with Crippen molar-refractivity contribution in [3.8, 4) is 0 Å². The molecule has 1 aliphatic rings. The smallest absolute Gasteiger partial charge is 0.277 e. The normalized spacial score (nSPS) is 22.3. The van der Waals surface area contributed by atoms with Crippen molar-refractivity contribution < 1.29 is 9.66 Å². The lowest BCUT2D eigenvalue weighted by molar-refractivity contribution is -0.385. The van der Waals surface area contributed by atoms with E-state index < -0.39 is 0 Å². The Labute approximate surface area is 106 Å². The Morgan fingerprint density at radius 1 is 1.61 bits per heavy atom. The molecule has 0 bridgehead atoms. The van der Waals surface area contributed by atoms with Crippen LogP contribution in [0.15, 0.2) is 12.3 Å². The first-order valence-corrected chi connectivity index (χ1v) is 6.09. The van der Waals surface area contributed by atoms with Crippen molar-refractivity contribution in [3.63, 3.8) is 0 Å². The molecule has 1 saturated carbocycles. The Morgan fingerprint density at radius 3 is 2.94 bits per heavy atom. The van der Waals surface area contributed by atoms with E-state index in [0.29, 0.717) is 23.5 Å². The molecule has 0 saturated heterocycles. The Bertz CT molecular complexity index is 444. The van der Waals surface area contributed by atoms with E-state index in [1.165, 1.54) is 12.3 Å². The monoisotopic (exact) mass is 251 g/mol. The Hall–Kier alpha value is -1.69. The van der Waals surface area contributed by atoms with E-state index in [1.807, 2.05) is 6.92 Å². The zero-order valence-electron chi connectivity index (χ0n) is 10.5. The van der Waals surface area contributed by atoms with Gasteiger partial charge in [0.15, 0.2) is 0 Å². The highest BCUT2D eigenvalue weighted by molar-refractivity contribution is 5.49. The second-order valence-electron chi connectivity index (χ2n) is 4.50. The minimum Gasteiger partial charge on any atom is -0.378 e. The molecular weight excluding hydrogens is 234 g/mol. The minimum absolute atomic E-state index is 0.105. The fraction of sp³-hybridized carbons (Fsp3) is 0.583. The number of anilines is 1. The summed E-state index contributed by atoms with van der Waals surface area (Å²) in [5.74, 6) is 0.562. The van der Waals surface area contributed by atoms with Gasteiger partial charge in [0.25, 0.3) is 5.69 Å². The maximum absolute atomic E-state index is 10.8. The summed E-state index contributed by atoms with van der Waals surface area (Å²) >= 11 is 0. The van der Waals surface area contributed by atoms with Gasteiger partial charge >= 0.3 is 0 Å². The number of ether oxygens (including phenoxy) is 1. The summed E-state index contributed by atoms with van der Waals surface area (Å²) in [6, 6.07) is 1.79. The number of hydrogen-bond acceptors (Lipinski definition) is 5. The fourth-order valence-electron chi connectivity index (χ4n) is 2.05. The third-order valence-corrected chi connectivity index (χ3v) is 3.12. The number of rotatable bonds is 5. The molecule has 0 atom stereocenters. The van der Waals surface area contributed by atoms with Crippen molar-refractivity contribution >= 4 is 11.5 Å². The summed E-state index contributed by atoms with van der Waals surface area (Å²) in [6.45, 7) is 4.39. The third-order valence-electron chi connectivity index (χ3n) is 3.12. The molecule has 0 unspecified atom stereocenters. The molecule has 0 aromatic carbocycles. The molecular formula is C12H17N3O3. The molecule has 6 nitrogen and oxygen atoms in total. The summed E-state index contributed by atoms with van der Waals surface area (Å²) in [7, 11) is 0. The second-order valence-corrected chi connectivity index (χ2v) is 4.50. The van der Waals surface area contributed by atoms with Crippen molar-refractivity contribution in [2.75, 3.05) is 11.9 Å². The number of nitrogens with one attached hydrogen (secondary N) is 1. The predicted octanol–water partition coefficient (Wildman–Crippen LogP) is 2.28. The predicted molar refractivity (Wildman–Crippen MR) is 67.7 cm³/mol. The number of nitrogens with zero attached hydrogens (tertiary/aromatic N) is 2. The Morgan fingerprint density at radius 2 is 2.33 bits per heavy atom. The molecule has 1 aromatic rings. The van der Waals surface area contributed by atoms with Crippen molar-refractivity contribution in [3.05, 3.63) is 27.9 Å². The number of aryl methyl sites for hydroxylation is 1. The standard InChI is InChI=1S/C12H17N3O3/c1-3-18-10-4-9(5-10)14-12-6-11(15(16)17)8(2)7-13-12/h6-7,9-10H,3-5H2,1-2H3,(H,13,14). The van der Waals surface area contributed by atoms with Gasteiger partial charge in [-0.25, -0.2) is 4.98 Å². The van der Waals surface area contributed by atoms with E-state index in [9.17, 15) is 10.1 Å². The zero-order valence-corrected chi connectivity index (χ0v) is 10.5. The molecule has 18 heavy (non-hydrogen) atoms. The largest absolute Gasteiger partial charge is 0.378 e. The number of aromatic nitrogens is 1. The van der Waals surface area contributed by atoms with Crippen LogP contribution in [0.3, 0.4) is 0 Å². The van der Waals surface area contributed by atoms with Gasteiger partial charge in [0.05, 0.1) is 17.1 Å². The van der Waals surface area contributed by atoms with E-state index >= 15 is 0 Å². The minimum atomic E-state index is -0.383. The van der Waals surface area contributed by atoms with Crippen LogP contribution in [0.4, 0.5) is 11.5 Å². The van der Waals surface area contributed by atoms with Crippen molar-refractivity contribution in [1.82, 2.24) is 4.98 Å². The molecule has 1 aromatic heterocycles. The molecule has 6 heteroatoms. The lowest BCUT2D eigenvalue weighted by Gasteiger charge is -2.35. The van der Waals surface area contributed by atoms with Crippen molar-refractivity contribution in [1.29, 1.82) is 0 Å². The molecule has 0 radical (unpaired) electrons. The van der Waals surface area contributed by atoms with E-state index in [0.717, 1.165) is 19.4 Å². The van der Waals surface area contributed by atoms with Crippen LogP contribution in [0, 0.1) is 17.0 Å². The van der Waals surface area contributed by atoms with Gasteiger partial charge in [0, 0.05) is 24.4 Å². The molecule has 1 fully saturated rings. The first kappa shape index (κ1) is 12.8. The van der Waals surface area contributed by atoms with E-state index in [1.54, 1.807) is 6.92 Å². The average Bonchev–Trinajstić information content (AvgIpc) is 2.28. The number of hydrogen-bond donors (Lipinski definition) is 1. The zero-order chi connectivity index (χ0) is 13.1. The van der Waals surface area contributed by atoms with Gasteiger partial charge in [-0.05, 0) is 26.7 Å². The van der Waals surface area contributed by atoms with Gasteiger partial charge in [-0.1, -0.05) is 0 Å². The molecule has 1 N–H and O–H groups in total. The van der Waals surface area contributed by atoms with Crippen LogP contribution < -0.4 is 5.32 Å². The number of nitro groups is 1.